The molecule has 0 unspecified atom stereocenters. The third-order valence-corrected chi connectivity index (χ3v) is 8.94. The Hall–Kier alpha value is -3.08. The lowest BCUT2D eigenvalue weighted by molar-refractivity contribution is 0.243. The molecule has 0 bridgehead atoms. The Morgan fingerprint density at radius 2 is 1.89 bits per heavy atom. The number of nitrogens with two attached hydrogens (primary N) is 1. The molecular weight excluding hydrogens is 526 g/mol. The highest BCUT2D eigenvalue weighted by Gasteiger charge is 2.38. The quantitative estimate of drug-likeness (QED) is 0.335. The molecule has 0 amide bonds. The number of hydrogen-bond donors (Lipinski definition) is 1. The van der Waals surface area contributed by atoms with Crippen LogP contribution in [-0.2, 0) is 15.8 Å². The smallest absolute Gasteiger partial charge is 0.316 e. The average Bonchev–Trinajstić information content (AvgIpc) is 3.60. The number of halogens is 1. The predicted octanol–water partition coefficient (Wildman–Crippen LogP) is 3.94. The number of benzene rings is 2. The molecule has 0 radical (unpaired) electrons. The molecule has 2 N–H and O–H groups in total. The van der Waals surface area contributed by atoms with Crippen molar-refractivity contribution in [1.29, 1.82) is 0 Å². The maximum absolute atomic E-state index is 13.5. The van der Waals surface area contributed by atoms with Gasteiger partial charge in [-0.2, -0.15) is 9.78 Å². The van der Waals surface area contributed by atoms with Gasteiger partial charge in [0.2, 0.25) is 15.8 Å². The van der Waals surface area contributed by atoms with Crippen LogP contribution in [0.5, 0.6) is 5.75 Å². The largest absolute Gasteiger partial charge is 0.486 e. The summed E-state index contributed by atoms with van der Waals surface area (Å²) < 4.78 is 35.1. The highest BCUT2D eigenvalue weighted by atomic mass is 35.5. The minimum atomic E-state index is -3.58. The fraction of sp³-hybridized carbons (Fsp3) is 0.407. The van der Waals surface area contributed by atoms with Crippen molar-refractivity contribution in [3.8, 4) is 11.4 Å². The van der Waals surface area contributed by atoms with Crippen LogP contribution in [0, 0.1) is 5.41 Å². The van der Waals surface area contributed by atoms with Crippen molar-refractivity contribution in [2.45, 2.75) is 32.4 Å². The molecule has 0 spiro atoms. The summed E-state index contributed by atoms with van der Waals surface area (Å²) in [5.41, 5.74) is 7.66. The Morgan fingerprint density at radius 1 is 1.16 bits per heavy atom. The highest BCUT2D eigenvalue weighted by Crippen LogP contribution is 2.45. The van der Waals surface area contributed by atoms with Crippen LogP contribution in [0.1, 0.15) is 32.3 Å². The van der Waals surface area contributed by atoms with Crippen molar-refractivity contribution in [3.05, 3.63) is 75.7 Å². The SMILES string of the molecule is CCN(CCN(C)c1cnn(-c2cccc(Cl)c2)c(=O)c1OCC1(C)CC1)S(=O)(=O)Cc1cccc(N)c1. The molecule has 11 heteroatoms. The number of sulfonamides is 1. The highest BCUT2D eigenvalue weighted by molar-refractivity contribution is 7.88. The number of rotatable bonds is 12. The van der Waals surface area contributed by atoms with Crippen LogP contribution in [0.4, 0.5) is 11.4 Å². The van der Waals surface area contributed by atoms with Gasteiger partial charge in [0.15, 0.2) is 0 Å². The lowest BCUT2D eigenvalue weighted by Gasteiger charge is -2.26. The van der Waals surface area contributed by atoms with Crippen LogP contribution in [-0.4, -0.2) is 55.8 Å². The second-order valence-corrected chi connectivity index (χ2v) is 12.5. The second kappa shape index (κ2) is 11.3. The van der Waals surface area contributed by atoms with Gasteiger partial charge in [0.1, 0.15) is 5.69 Å². The van der Waals surface area contributed by atoms with E-state index in [0.717, 1.165) is 12.8 Å². The summed E-state index contributed by atoms with van der Waals surface area (Å²) in [6.07, 6.45) is 3.66. The maximum Gasteiger partial charge on any atom is 0.316 e. The molecule has 1 aliphatic carbocycles. The molecule has 38 heavy (non-hydrogen) atoms. The third kappa shape index (κ3) is 6.67. The molecule has 1 heterocycles. The van der Waals surface area contributed by atoms with Crippen molar-refractivity contribution in [2.24, 2.45) is 5.41 Å². The monoisotopic (exact) mass is 559 g/mol. The third-order valence-electron chi connectivity index (χ3n) is 6.78. The molecule has 4 rings (SSSR count). The zero-order valence-corrected chi connectivity index (χ0v) is 23.5. The normalized spacial score (nSPS) is 14.4. The van der Waals surface area contributed by atoms with Gasteiger partial charge >= 0.3 is 5.56 Å². The lowest BCUT2D eigenvalue weighted by atomic mass is 10.2. The summed E-state index contributed by atoms with van der Waals surface area (Å²) in [5.74, 6) is 0.0426. The van der Waals surface area contributed by atoms with Crippen LogP contribution in [0.2, 0.25) is 5.02 Å². The first-order valence-corrected chi connectivity index (χ1v) is 14.5. The number of nitrogens with zero attached hydrogens (tertiary/aromatic N) is 4. The van der Waals surface area contributed by atoms with E-state index in [0.29, 0.717) is 47.3 Å². The number of hydrogen-bond acceptors (Lipinski definition) is 7. The lowest BCUT2D eigenvalue weighted by Crippen LogP contribution is -2.38. The molecule has 204 valence electrons. The minimum absolute atomic E-state index is 0.0559. The predicted molar refractivity (Wildman–Crippen MR) is 152 cm³/mol. The summed E-state index contributed by atoms with van der Waals surface area (Å²) in [5, 5.41) is 4.86. The fourth-order valence-electron chi connectivity index (χ4n) is 4.09. The van der Waals surface area contributed by atoms with Gasteiger partial charge in [0, 0.05) is 42.8 Å². The van der Waals surface area contributed by atoms with Crippen molar-refractivity contribution < 1.29 is 13.2 Å². The first-order valence-electron chi connectivity index (χ1n) is 12.6. The van der Waals surface area contributed by atoms with Gasteiger partial charge in [-0.05, 0) is 48.7 Å². The fourth-order valence-corrected chi connectivity index (χ4v) is 5.81. The Kier molecular flexibility index (Phi) is 8.34. The van der Waals surface area contributed by atoms with Crippen molar-refractivity contribution in [3.63, 3.8) is 0 Å². The standard InChI is InChI=1S/C27H34ClN5O4S/c1-4-32(38(35,36)18-20-7-5-9-22(29)15-20)14-13-31(3)24-17-30-33(23-10-6-8-21(28)16-23)26(34)25(24)37-19-27(2)11-12-27/h5-10,15-17H,4,11-14,18-19,29H2,1-3H3. The second-order valence-electron chi connectivity index (χ2n) is 10.1. The molecule has 0 aliphatic heterocycles. The van der Waals surface area contributed by atoms with E-state index >= 15 is 0 Å². The molecule has 0 atom stereocenters. The van der Waals surface area contributed by atoms with E-state index in [1.54, 1.807) is 73.6 Å². The summed E-state index contributed by atoms with van der Waals surface area (Å²) in [7, 11) is -1.78. The summed E-state index contributed by atoms with van der Waals surface area (Å²) in [4.78, 5) is 15.3. The van der Waals surface area contributed by atoms with Crippen molar-refractivity contribution >= 4 is 33.0 Å². The zero-order valence-electron chi connectivity index (χ0n) is 21.9. The molecule has 1 fully saturated rings. The van der Waals surface area contributed by atoms with Crippen molar-refractivity contribution in [1.82, 2.24) is 14.1 Å². The van der Waals surface area contributed by atoms with Crippen molar-refractivity contribution in [2.75, 3.05) is 43.9 Å². The van der Waals surface area contributed by atoms with E-state index in [-0.39, 0.29) is 23.5 Å². The number of likely N-dealkylation sites (N-methyl/N-ethyl adjacent to an activating group) is 2. The molecule has 2 aromatic carbocycles. The van der Waals surface area contributed by atoms with Crippen LogP contribution >= 0.6 is 11.6 Å². The first-order chi connectivity index (χ1) is 18.0. The molecule has 1 aliphatic rings. The van der Waals surface area contributed by atoms with E-state index in [9.17, 15) is 13.2 Å². The van der Waals surface area contributed by atoms with Gasteiger partial charge in [-0.1, -0.05) is 43.6 Å². The van der Waals surface area contributed by atoms with E-state index in [2.05, 4.69) is 12.0 Å². The zero-order chi connectivity index (χ0) is 27.5. The molecule has 0 saturated heterocycles. The Balaban J connectivity index is 1.56. The molecule has 1 saturated carbocycles. The van der Waals surface area contributed by atoms with E-state index in [1.807, 2.05) is 0 Å². The van der Waals surface area contributed by atoms with E-state index in [4.69, 9.17) is 22.1 Å². The Labute approximate surface area is 228 Å². The maximum atomic E-state index is 13.5. The minimum Gasteiger partial charge on any atom is -0.486 e. The first kappa shape index (κ1) is 27.9. The van der Waals surface area contributed by atoms with Crippen LogP contribution in [0.15, 0.2) is 59.5 Å². The van der Waals surface area contributed by atoms with Crippen LogP contribution < -0.4 is 20.9 Å². The molecule has 1 aromatic heterocycles. The van der Waals surface area contributed by atoms with E-state index in [1.165, 1.54) is 8.99 Å². The number of anilines is 2. The van der Waals surface area contributed by atoms with Gasteiger partial charge in [0.05, 0.1) is 24.2 Å². The van der Waals surface area contributed by atoms with Gasteiger partial charge in [0.25, 0.3) is 0 Å². The van der Waals surface area contributed by atoms with Gasteiger partial charge in [-0.15, -0.1) is 0 Å². The topological polar surface area (TPSA) is 111 Å². The Bertz CT molecular complexity index is 1460. The summed E-state index contributed by atoms with van der Waals surface area (Å²) in [6, 6.07) is 13.8. The number of aromatic nitrogens is 2. The summed E-state index contributed by atoms with van der Waals surface area (Å²) >= 11 is 6.14. The van der Waals surface area contributed by atoms with Gasteiger partial charge in [-0.25, -0.2) is 12.7 Å². The molecule has 9 nitrogen and oxygen atoms in total. The van der Waals surface area contributed by atoms with Crippen LogP contribution in [0.25, 0.3) is 5.69 Å². The van der Waals surface area contributed by atoms with Gasteiger partial charge < -0.3 is 15.4 Å². The number of nitrogen functional groups attached to an aromatic ring is 1. The molecular formula is C27H34ClN5O4S. The Morgan fingerprint density at radius 3 is 2.55 bits per heavy atom. The average molecular weight is 560 g/mol. The van der Waals surface area contributed by atoms with Crippen LogP contribution in [0.3, 0.4) is 0 Å². The van der Waals surface area contributed by atoms with E-state index < -0.39 is 15.6 Å². The number of ether oxygens (including phenoxy) is 1. The van der Waals surface area contributed by atoms with Gasteiger partial charge in [-0.3, -0.25) is 4.79 Å². The summed E-state index contributed by atoms with van der Waals surface area (Å²) in [6.45, 7) is 5.21. The molecule has 3 aromatic rings.